The predicted molar refractivity (Wildman–Crippen MR) is 63.0 cm³/mol. The van der Waals surface area contributed by atoms with Gasteiger partial charge in [-0.3, -0.25) is 0 Å². The van der Waals surface area contributed by atoms with Crippen molar-refractivity contribution in [3.63, 3.8) is 0 Å². The van der Waals surface area contributed by atoms with Crippen molar-refractivity contribution in [1.29, 1.82) is 0 Å². The first-order valence-corrected chi connectivity index (χ1v) is 5.69. The minimum atomic E-state index is 0.513. The van der Waals surface area contributed by atoms with Crippen LogP contribution >= 0.6 is 11.5 Å². The van der Waals surface area contributed by atoms with E-state index in [2.05, 4.69) is 35.7 Å². The fourth-order valence-electron chi connectivity index (χ4n) is 1.32. The number of fused-ring (bicyclic) bond motifs is 1. The molecular formula is C11H14N2S. The van der Waals surface area contributed by atoms with E-state index in [1.807, 2.05) is 12.1 Å². The van der Waals surface area contributed by atoms with Crippen LogP contribution in [0.1, 0.15) is 20.3 Å². The Morgan fingerprint density at radius 2 is 2.21 bits per heavy atom. The minimum absolute atomic E-state index is 0.513. The van der Waals surface area contributed by atoms with Gasteiger partial charge in [-0.15, -0.1) is 0 Å². The first kappa shape index (κ1) is 9.46. The minimum Gasteiger partial charge on any atom is -0.373 e. The Balaban J connectivity index is 2.33. The third kappa shape index (κ3) is 1.73. The van der Waals surface area contributed by atoms with Gasteiger partial charge in [-0.05, 0) is 37.0 Å². The maximum atomic E-state index is 4.39. The summed E-state index contributed by atoms with van der Waals surface area (Å²) in [5.74, 6) is 0. The molecule has 0 aliphatic heterocycles. The second-order valence-electron chi connectivity index (χ2n) is 3.48. The van der Waals surface area contributed by atoms with E-state index in [4.69, 9.17) is 0 Å². The van der Waals surface area contributed by atoms with Gasteiger partial charge in [-0.1, -0.05) is 19.1 Å². The first-order chi connectivity index (χ1) is 6.81. The van der Waals surface area contributed by atoms with Gasteiger partial charge >= 0.3 is 0 Å². The van der Waals surface area contributed by atoms with Gasteiger partial charge in [0.1, 0.15) is 5.00 Å². The number of hydrogen-bond acceptors (Lipinski definition) is 3. The summed E-state index contributed by atoms with van der Waals surface area (Å²) in [4.78, 5) is 0. The van der Waals surface area contributed by atoms with E-state index in [1.54, 1.807) is 11.5 Å². The molecule has 0 unspecified atom stereocenters. The van der Waals surface area contributed by atoms with Crippen molar-refractivity contribution in [2.24, 2.45) is 0 Å². The van der Waals surface area contributed by atoms with Crippen LogP contribution in [-0.2, 0) is 0 Å². The maximum Gasteiger partial charge on any atom is 0.117 e. The topological polar surface area (TPSA) is 24.9 Å². The highest BCUT2D eigenvalue weighted by Crippen LogP contribution is 2.27. The van der Waals surface area contributed by atoms with Crippen LogP contribution in [0.2, 0.25) is 0 Å². The van der Waals surface area contributed by atoms with Crippen molar-refractivity contribution in [2.75, 3.05) is 5.32 Å². The van der Waals surface area contributed by atoms with E-state index in [9.17, 15) is 0 Å². The van der Waals surface area contributed by atoms with Gasteiger partial charge < -0.3 is 5.32 Å². The molecule has 2 aromatic rings. The Bertz CT molecular complexity index is 422. The molecule has 2 nitrogen and oxygen atoms in total. The largest absolute Gasteiger partial charge is 0.373 e. The number of nitrogens with one attached hydrogen (secondary N) is 1. The Morgan fingerprint density at radius 1 is 1.43 bits per heavy atom. The second kappa shape index (κ2) is 3.96. The molecule has 1 aromatic carbocycles. The van der Waals surface area contributed by atoms with Crippen LogP contribution in [0.25, 0.3) is 10.9 Å². The Morgan fingerprint density at radius 3 is 3.00 bits per heavy atom. The van der Waals surface area contributed by atoms with Gasteiger partial charge in [0.2, 0.25) is 0 Å². The molecule has 0 saturated carbocycles. The third-order valence-corrected chi connectivity index (χ3v) is 3.18. The van der Waals surface area contributed by atoms with Crippen molar-refractivity contribution in [1.82, 2.24) is 4.37 Å². The quantitative estimate of drug-likeness (QED) is 0.831. The van der Waals surface area contributed by atoms with Crippen LogP contribution < -0.4 is 5.32 Å². The average Bonchev–Trinajstić information content (AvgIpc) is 2.62. The van der Waals surface area contributed by atoms with Gasteiger partial charge in [0, 0.05) is 11.4 Å². The van der Waals surface area contributed by atoms with E-state index in [1.165, 1.54) is 10.4 Å². The lowest BCUT2D eigenvalue weighted by Crippen LogP contribution is -2.12. The lowest BCUT2D eigenvalue weighted by Gasteiger charge is -2.10. The monoisotopic (exact) mass is 206 g/mol. The van der Waals surface area contributed by atoms with Crippen LogP contribution in [-0.4, -0.2) is 10.4 Å². The van der Waals surface area contributed by atoms with E-state index in [-0.39, 0.29) is 0 Å². The lowest BCUT2D eigenvalue weighted by atomic mass is 10.2. The fourth-order valence-corrected chi connectivity index (χ4v) is 2.19. The number of rotatable bonds is 3. The lowest BCUT2D eigenvalue weighted by molar-refractivity contribution is 0.767. The van der Waals surface area contributed by atoms with Crippen LogP contribution in [0.15, 0.2) is 24.3 Å². The molecule has 14 heavy (non-hydrogen) atoms. The Hall–Kier alpha value is -1.09. The molecule has 1 heterocycles. The second-order valence-corrected chi connectivity index (χ2v) is 4.26. The van der Waals surface area contributed by atoms with Crippen molar-refractivity contribution in [3.05, 3.63) is 24.3 Å². The summed E-state index contributed by atoms with van der Waals surface area (Å²) in [6.07, 6.45) is 1.13. The zero-order chi connectivity index (χ0) is 9.97. The molecule has 3 heteroatoms. The molecule has 0 aliphatic rings. The van der Waals surface area contributed by atoms with Gasteiger partial charge in [0.25, 0.3) is 0 Å². The molecule has 0 bridgehead atoms. The molecular weight excluding hydrogens is 192 g/mol. The van der Waals surface area contributed by atoms with Gasteiger partial charge in [-0.2, -0.15) is 4.37 Å². The zero-order valence-corrected chi connectivity index (χ0v) is 9.27. The number of benzene rings is 1. The number of hydrogen-bond donors (Lipinski definition) is 1. The van der Waals surface area contributed by atoms with Gasteiger partial charge in [0.05, 0.1) is 5.52 Å². The molecule has 0 spiro atoms. The highest BCUT2D eigenvalue weighted by atomic mass is 32.1. The van der Waals surface area contributed by atoms with Crippen LogP contribution in [0.4, 0.5) is 5.00 Å². The van der Waals surface area contributed by atoms with Crippen molar-refractivity contribution < 1.29 is 0 Å². The number of nitrogens with zero attached hydrogens (tertiary/aromatic N) is 1. The van der Waals surface area contributed by atoms with Crippen LogP contribution in [0, 0.1) is 0 Å². The van der Waals surface area contributed by atoms with E-state index in [0.29, 0.717) is 6.04 Å². The maximum absolute atomic E-state index is 4.39. The predicted octanol–water partition coefficient (Wildman–Crippen LogP) is 3.51. The molecule has 0 aliphatic carbocycles. The molecule has 0 amide bonds. The zero-order valence-electron chi connectivity index (χ0n) is 8.45. The van der Waals surface area contributed by atoms with Crippen LogP contribution in [0.3, 0.4) is 0 Å². The SMILES string of the molecule is CC[C@H](C)Nc1snc2ccccc12. The summed E-state index contributed by atoms with van der Waals surface area (Å²) in [5, 5.41) is 5.89. The van der Waals surface area contributed by atoms with Gasteiger partial charge in [0.15, 0.2) is 0 Å². The van der Waals surface area contributed by atoms with E-state index >= 15 is 0 Å². The van der Waals surface area contributed by atoms with Crippen molar-refractivity contribution in [3.8, 4) is 0 Å². The molecule has 0 saturated heterocycles. The Kier molecular flexibility index (Phi) is 2.68. The molecule has 1 aromatic heterocycles. The van der Waals surface area contributed by atoms with Crippen molar-refractivity contribution >= 4 is 27.4 Å². The molecule has 0 radical (unpaired) electrons. The molecule has 0 fully saturated rings. The smallest absolute Gasteiger partial charge is 0.117 e. The summed E-state index contributed by atoms with van der Waals surface area (Å²) in [6, 6.07) is 8.75. The molecule has 1 atom stereocenters. The standard InChI is InChI=1S/C11H14N2S/c1-3-8(2)12-11-9-6-4-5-7-10(9)13-14-11/h4-8,12H,3H2,1-2H3/t8-/m0/s1. The fraction of sp³-hybridized carbons (Fsp3) is 0.364. The van der Waals surface area contributed by atoms with E-state index in [0.717, 1.165) is 11.9 Å². The summed E-state index contributed by atoms with van der Waals surface area (Å²) >= 11 is 1.55. The van der Waals surface area contributed by atoms with Gasteiger partial charge in [-0.25, -0.2) is 0 Å². The first-order valence-electron chi connectivity index (χ1n) is 4.92. The van der Waals surface area contributed by atoms with E-state index < -0.39 is 0 Å². The van der Waals surface area contributed by atoms with Crippen molar-refractivity contribution in [2.45, 2.75) is 26.3 Å². The summed E-state index contributed by atoms with van der Waals surface area (Å²) < 4.78 is 4.39. The molecule has 2 rings (SSSR count). The summed E-state index contributed by atoms with van der Waals surface area (Å²) in [6.45, 7) is 4.37. The Labute approximate surface area is 88.1 Å². The van der Waals surface area contributed by atoms with Crippen LogP contribution in [0.5, 0.6) is 0 Å². The third-order valence-electron chi connectivity index (χ3n) is 2.37. The normalized spacial score (nSPS) is 13.0. The summed E-state index contributed by atoms with van der Waals surface area (Å²) in [5.41, 5.74) is 1.09. The number of anilines is 1. The highest BCUT2D eigenvalue weighted by molar-refractivity contribution is 7.11. The molecule has 74 valence electrons. The number of aromatic nitrogens is 1. The highest BCUT2D eigenvalue weighted by Gasteiger charge is 2.06. The summed E-state index contributed by atoms with van der Waals surface area (Å²) in [7, 11) is 0. The molecule has 1 N–H and O–H groups in total. The average molecular weight is 206 g/mol.